The van der Waals surface area contributed by atoms with E-state index in [4.69, 9.17) is 25.1 Å². The molecule has 6 N–H and O–H groups in total. The first-order valence-corrected chi connectivity index (χ1v) is 13.0. The number of pyridine rings is 1. The molecule has 13 heteroatoms. The van der Waals surface area contributed by atoms with Crippen molar-refractivity contribution in [2.75, 3.05) is 33.5 Å². The van der Waals surface area contributed by atoms with Crippen LogP contribution in [0.25, 0.3) is 11.3 Å². The molecule has 226 valence electrons. The van der Waals surface area contributed by atoms with Crippen LogP contribution in [0.5, 0.6) is 17.2 Å². The van der Waals surface area contributed by atoms with Gasteiger partial charge in [0.2, 0.25) is 5.60 Å². The minimum Gasteiger partial charge on any atom is -0.493 e. The highest BCUT2D eigenvalue weighted by molar-refractivity contribution is 5.95. The number of carbonyl (C=O) groups excluding carboxylic acids is 1. The molecule has 1 amide bonds. The third-order valence-electron chi connectivity index (χ3n) is 6.94. The van der Waals surface area contributed by atoms with Crippen LogP contribution in [0.2, 0.25) is 0 Å². The summed E-state index contributed by atoms with van der Waals surface area (Å²) < 4.78 is 59.9. The maximum atomic E-state index is 14.6. The Morgan fingerprint density at radius 3 is 2.48 bits per heavy atom. The highest BCUT2D eigenvalue weighted by Gasteiger charge is 2.57. The molecule has 3 atom stereocenters. The lowest BCUT2D eigenvalue weighted by Gasteiger charge is -2.31. The van der Waals surface area contributed by atoms with E-state index in [1.165, 1.54) is 25.3 Å². The molecule has 0 fully saturated rings. The van der Waals surface area contributed by atoms with Crippen LogP contribution >= 0.6 is 0 Å². The van der Waals surface area contributed by atoms with Gasteiger partial charge in [-0.05, 0) is 43.7 Å². The minimum absolute atomic E-state index is 0.0195. The average molecular weight is 592 g/mol. The molecule has 0 spiro atoms. The average Bonchev–Trinajstić information content (AvgIpc) is 3.27. The van der Waals surface area contributed by atoms with E-state index in [1.807, 2.05) is 0 Å². The maximum absolute atomic E-state index is 14.6. The molecule has 0 saturated carbocycles. The van der Waals surface area contributed by atoms with Gasteiger partial charge in [-0.2, -0.15) is 13.2 Å². The summed E-state index contributed by atoms with van der Waals surface area (Å²) in [6, 6.07) is 11.3. The smallest absolute Gasteiger partial charge is 0.424 e. The van der Waals surface area contributed by atoms with E-state index in [0.717, 1.165) is 6.07 Å². The van der Waals surface area contributed by atoms with Gasteiger partial charge < -0.3 is 40.6 Å². The fourth-order valence-electron chi connectivity index (χ4n) is 4.46. The van der Waals surface area contributed by atoms with E-state index < -0.39 is 41.6 Å². The Morgan fingerprint density at radius 2 is 1.88 bits per heavy atom. The van der Waals surface area contributed by atoms with E-state index >= 15 is 0 Å². The van der Waals surface area contributed by atoms with E-state index in [-0.39, 0.29) is 53.9 Å². The molecule has 1 aliphatic heterocycles. The second kappa shape index (κ2) is 11.8. The molecule has 3 aromatic rings. The predicted octanol–water partition coefficient (Wildman–Crippen LogP) is 2.93. The molecule has 0 radical (unpaired) electrons. The van der Waals surface area contributed by atoms with Crippen molar-refractivity contribution in [3.63, 3.8) is 0 Å². The van der Waals surface area contributed by atoms with Crippen molar-refractivity contribution >= 4 is 5.91 Å². The molecule has 0 bridgehead atoms. The first-order valence-electron chi connectivity index (χ1n) is 13.0. The highest BCUT2D eigenvalue weighted by atomic mass is 19.4. The van der Waals surface area contributed by atoms with E-state index in [9.17, 15) is 28.2 Å². The third kappa shape index (κ3) is 6.00. The van der Waals surface area contributed by atoms with Gasteiger partial charge >= 0.3 is 6.18 Å². The van der Waals surface area contributed by atoms with E-state index in [0.29, 0.717) is 11.1 Å². The fourth-order valence-corrected chi connectivity index (χ4v) is 4.46. The van der Waals surface area contributed by atoms with Gasteiger partial charge in [-0.25, -0.2) is 4.98 Å². The number of fused-ring (bicyclic) bond motifs is 1. The Hall–Kier alpha value is -3.91. The van der Waals surface area contributed by atoms with Gasteiger partial charge in [-0.3, -0.25) is 4.79 Å². The fraction of sp³-hybridized carbons (Fsp3) is 0.379. The summed E-state index contributed by atoms with van der Waals surface area (Å²) in [4.78, 5) is 17.1. The summed E-state index contributed by atoms with van der Waals surface area (Å²) in [6.07, 6.45) is -6.03. The third-order valence-corrected chi connectivity index (χ3v) is 6.94. The number of nitrogens with one attached hydrogen (secondary N) is 1. The summed E-state index contributed by atoms with van der Waals surface area (Å²) in [6.45, 7) is 1.55. The second-order valence-corrected chi connectivity index (χ2v) is 10.2. The quantitative estimate of drug-likeness (QED) is 0.239. The molecule has 10 nitrogen and oxygen atoms in total. The molecule has 4 rings (SSSR count). The first kappa shape index (κ1) is 31.0. The monoisotopic (exact) mass is 591 g/mol. The molecule has 1 aliphatic rings. The van der Waals surface area contributed by atoms with Crippen molar-refractivity contribution in [1.29, 1.82) is 0 Å². The predicted molar refractivity (Wildman–Crippen MR) is 145 cm³/mol. The lowest BCUT2D eigenvalue weighted by molar-refractivity contribution is -0.265. The summed E-state index contributed by atoms with van der Waals surface area (Å²) in [5.74, 6) is -0.404. The Kier molecular flexibility index (Phi) is 8.69. The van der Waals surface area contributed by atoms with Gasteiger partial charge in [-0.15, -0.1) is 0 Å². The summed E-state index contributed by atoms with van der Waals surface area (Å²) in [7, 11) is 1.31. The van der Waals surface area contributed by atoms with Crippen LogP contribution in [-0.2, 0) is 11.1 Å². The van der Waals surface area contributed by atoms with Crippen LogP contribution in [-0.4, -0.2) is 65.9 Å². The Morgan fingerprint density at radius 1 is 1.19 bits per heavy atom. The number of hydrogen-bond donors (Lipinski definition) is 5. The number of nitrogens with two attached hydrogens (primary N) is 1. The first-order chi connectivity index (χ1) is 19.7. The lowest BCUT2D eigenvalue weighted by Crippen LogP contribution is -2.51. The van der Waals surface area contributed by atoms with Gasteiger partial charge in [0, 0.05) is 16.7 Å². The zero-order chi connectivity index (χ0) is 30.9. The molecule has 3 unspecified atom stereocenters. The van der Waals surface area contributed by atoms with E-state index in [1.54, 1.807) is 38.1 Å². The standard InChI is InChI=1S/C29H32F3N3O7/c1-16(37)17-4-6-18(7-5-17)24-25-20(27(2,33)15-42-25)13-23(35-24)28(39,29(30,31)32)14-34-26(38)19-8-9-21(41-11-10-36)22(12-19)40-3/h4-9,12-13,16,36-37,39H,10-11,14-15,33H2,1-3H3,(H,34,38). The number of rotatable bonds is 10. The molecule has 0 saturated heterocycles. The number of aliphatic hydroxyl groups is 3. The van der Waals surface area contributed by atoms with Crippen molar-refractivity contribution in [2.45, 2.75) is 37.3 Å². The molecule has 42 heavy (non-hydrogen) atoms. The van der Waals surface area contributed by atoms with Gasteiger partial charge in [0.15, 0.2) is 17.2 Å². The van der Waals surface area contributed by atoms with Gasteiger partial charge in [0.05, 0.1) is 37.6 Å². The Labute approximate surface area is 239 Å². The van der Waals surface area contributed by atoms with Gasteiger partial charge in [0.1, 0.15) is 18.9 Å². The van der Waals surface area contributed by atoms with Crippen LogP contribution in [0, 0.1) is 0 Å². The van der Waals surface area contributed by atoms with Gasteiger partial charge in [0.25, 0.3) is 5.91 Å². The van der Waals surface area contributed by atoms with Crippen molar-refractivity contribution in [1.82, 2.24) is 10.3 Å². The number of ether oxygens (including phenoxy) is 3. The number of aliphatic hydroxyl groups excluding tert-OH is 2. The molecular weight excluding hydrogens is 559 g/mol. The van der Waals surface area contributed by atoms with Crippen molar-refractivity contribution in [2.24, 2.45) is 5.73 Å². The lowest BCUT2D eigenvalue weighted by atomic mass is 9.89. The maximum Gasteiger partial charge on any atom is 0.424 e. The SMILES string of the molecule is COc1cc(C(=O)NCC(O)(c2cc3c(c(-c4ccc(C(C)O)cc4)n2)OCC3(C)N)C(F)(F)F)ccc1OCCO. The Bertz CT molecular complexity index is 1450. The highest BCUT2D eigenvalue weighted by Crippen LogP contribution is 2.46. The summed E-state index contributed by atoms with van der Waals surface area (Å²) in [5.41, 5.74) is 1.88. The summed E-state index contributed by atoms with van der Waals surface area (Å²) in [5, 5.41) is 32.1. The minimum atomic E-state index is -5.26. The second-order valence-electron chi connectivity index (χ2n) is 10.2. The zero-order valence-corrected chi connectivity index (χ0v) is 23.2. The number of carbonyl (C=O) groups is 1. The number of alkyl halides is 3. The summed E-state index contributed by atoms with van der Waals surface area (Å²) >= 11 is 0. The van der Waals surface area contributed by atoms with Crippen molar-refractivity contribution in [3.05, 3.63) is 70.9 Å². The van der Waals surface area contributed by atoms with E-state index in [2.05, 4.69) is 10.3 Å². The molecule has 1 aromatic heterocycles. The largest absolute Gasteiger partial charge is 0.493 e. The molecule has 0 aliphatic carbocycles. The number of amides is 1. The molecule has 2 aromatic carbocycles. The number of halogens is 3. The topological polar surface area (TPSA) is 156 Å². The van der Waals surface area contributed by atoms with Gasteiger partial charge in [-0.1, -0.05) is 24.3 Å². The van der Waals surface area contributed by atoms with Crippen molar-refractivity contribution < 1.29 is 47.5 Å². The van der Waals surface area contributed by atoms with Crippen LogP contribution < -0.4 is 25.3 Å². The number of methoxy groups -OCH3 is 1. The van der Waals surface area contributed by atoms with Crippen LogP contribution in [0.1, 0.15) is 47.1 Å². The number of nitrogens with zero attached hydrogens (tertiary/aromatic N) is 1. The van der Waals surface area contributed by atoms with Crippen molar-refractivity contribution in [3.8, 4) is 28.5 Å². The van der Waals surface area contributed by atoms with Crippen LogP contribution in [0.3, 0.4) is 0 Å². The number of hydrogen-bond acceptors (Lipinski definition) is 9. The zero-order valence-electron chi connectivity index (χ0n) is 23.2. The van der Waals surface area contributed by atoms with Crippen LogP contribution in [0.15, 0.2) is 48.5 Å². The molecule has 2 heterocycles. The normalized spacial score (nSPS) is 18.4. The Balaban J connectivity index is 1.72. The number of benzene rings is 2. The van der Waals surface area contributed by atoms with Crippen LogP contribution in [0.4, 0.5) is 13.2 Å². The molecular formula is C29H32F3N3O7. The number of aromatic nitrogens is 1.